The molecular weight excluding hydrogens is 368 g/mol. The molecule has 1 fully saturated rings. The largest absolute Gasteiger partial charge is 0.496 e. The molecule has 3 nitrogen and oxygen atoms in total. The molecule has 0 N–H and O–H groups in total. The topological polar surface area (TPSA) is 25.4 Å². The molecule has 146 valence electrons. The Labute approximate surface area is 173 Å². The third-order valence-corrected chi connectivity index (χ3v) is 5.36. The van der Waals surface area contributed by atoms with Gasteiger partial charge in [0.25, 0.3) is 0 Å². The molecule has 0 atom stereocenters. The van der Waals surface area contributed by atoms with Crippen LogP contribution in [0.2, 0.25) is 0 Å². The summed E-state index contributed by atoms with van der Waals surface area (Å²) in [6.45, 7) is 4.45. The van der Waals surface area contributed by atoms with Crippen LogP contribution in [0.4, 0.5) is 5.69 Å². The quantitative estimate of drug-likeness (QED) is 0.531. The number of rotatable bonds is 4. The highest BCUT2D eigenvalue weighted by atomic mass is 35.5. The first kappa shape index (κ1) is 20.2. The number of ether oxygens (including phenoxy) is 1. The van der Waals surface area contributed by atoms with E-state index in [0.29, 0.717) is 0 Å². The molecule has 0 bridgehead atoms. The number of benzene rings is 2. The molecule has 4 rings (SSSR count). The zero-order chi connectivity index (χ0) is 18.6. The van der Waals surface area contributed by atoms with Crippen LogP contribution in [0.15, 0.2) is 48.7 Å². The monoisotopic (exact) mass is 394 g/mol. The minimum absolute atomic E-state index is 0. The zero-order valence-electron chi connectivity index (χ0n) is 16.5. The number of anilines is 1. The van der Waals surface area contributed by atoms with Crippen LogP contribution >= 0.6 is 12.4 Å². The zero-order valence-corrected chi connectivity index (χ0v) is 17.3. The Kier molecular flexibility index (Phi) is 6.58. The number of aromatic nitrogens is 1. The lowest BCUT2D eigenvalue weighted by Gasteiger charge is -2.30. The van der Waals surface area contributed by atoms with E-state index >= 15 is 0 Å². The third kappa shape index (κ3) is 4.15. The van der Waals surface area contributed by atoms with Gasteiger partial charge in [0.05, 0.1) is 12.8 Å². The molecule has 1 saturated heterocycles. The number of hydrogen-bond acceptors (Lipinski definition) is 3. The second-order valence-electron chi connectivity index (χ2n) is 7.18. The number of aryl methyl sites for hydroxylation is 1. The van der Waals surface area contributed by atoms with Gasteiger partial charge in [-0.3, -0.25) is 4.98 Å². The summed E-state index contributed by atoms with van der Waals surface area (Å²) in [5.41, 5.74) is 4.75. The SMILES string of the molecule is COc1ccc(C=Cc2cc(N3CCCCC3)c(C)cn2)c2ccccc12.Cl. The summed E-state index contributed by atoms with van der Waals surface area (Å²) in [4.78, 5) is 7.13. The van der Waals surface area contributed by atoms with Crippen LogP contribution in [0.25, 0.3) is 22.9 Å². The molecule has 2 aromatic carbocycles. The number of nitrogens with zero attached hydrogens (tertiary/aromatic N) is 2. The molecule has 4 heteroatoms. The molecular formula is C24H27ClN2O. The van der Waals surface area contributed by atoms with Crippen molar-refractivity contribution in [2.45, 2.75) is 26.2 Å². The van der Waals surface area contributed by atoms with Crippen LogP contribution in [-0.4, -0.2) is 25.2 Å². The van der Waals surface area contributed by atoms with Crippen molar-refractivity contribution < 1.29 is 4.74 Å². The molecule has 0 spiro atoms. The van der Waals surface area contributed by atoms with Gasteiger partial charge in [-0.1, -0.05) is 36.4 Å². The second-order valence-corrected chi connectivity index (χ2v) is 7.18. The highest BCUT2D eigenvalue weighted by molar-refractivity contribution is 5.96. The van der Waals surface area contributed by atoms with Crippen LogP contribution in [-0.2, 0) is 0 Å². The van der Waals surface area contributed by atoms with E-state index < -0.39 is 0 Å². The van der Waals surface area contributed by atoms with E-state index in [1.807, 2.05) is 18.3 Å². The maximum atomic E-state index is 5.50. The normalized spacial score (nSPS) is 14.3. The second kappa shape index (κ2) is 9.11. The van der Waals surface area contributed by atoms with Crippen molar-refractivity contribution >= 4 is 41.0 Å². The third-order valence-electron chi connectivity index (χ3n) is 5.36. The van der Waals surface area contributed by atoms with E-state index in [4.69, 9.17) is 4.74 Å². The van der Waals surface area contributed by atoms with E-state index in [9.17, 15) is 0 Å². The fourth-order valence-electron chi connectivity index (χ4n) is 3.89. The van der Waals surface area contributed by atoms with Gasteiger partial charge in [-0.25, -0.2) is 0 Å². The summed E-state index contributed by atoms with van der Waals surface area (Å²) >= 11 is 0. The summed E-state index contributed by atoms with van der Waals surface area (Å²) in [5.74, 6) is 0.906. The molecule has 3 aromatic rings. The van der Waals surface area contributed by atoms with E-state index in [1.54, 1.807) is 7.11 Å². The van der Waals surface area contributed by atoms with E-state index in [0.717, 1.165) is 29.9 Å². The lowest BCUT2D eigenvalue weighted by molar-refractivity contribution is 0.420. The number of fused-ring (bicyclic) bond motifs is 1. The first-order chi connectivity index (χ1) is 13.3. The number of methoxy groups -OCH3 is 1. The fourth-order valence-corrected chi connectivity index (χ4v) is 3.89. The predicted molar refractivity (Wildman–Crippen MR) is 122 cm³/mol. The average molecular weight is 395 g/mol. The molecule has 1 aliphatic rings. The van der Waals surface area contributed by atoms with Gasteiger partial charge in [0, 0.05) is 30.4 Å². The maximum Gasteiger partial charge on any atom is 0.126 e. The molecule has 0 amide bonds. The molecule has 0 unspecified atom stereocenters. The minimum Gasteiger partial charge on any atom is -0.496 e. The van der Waals surface area contributed by atoms with Gasteiger partial charge in [0.15, 0.2) is 0 Å². The van der Waals surface area contributed by atoms with E-state index in [1.165, 1.54) is 41.5 Å². The number of halogens is 1. The van der Waals surface area contributed by atoms with Crippen LogP contribution in [0.5, 0.6) is 5.75 Å². The maximum absolute atomic E-state index is 5.50. The standard InChI is InChI=1S/C24H26N2O.ClH/c1-18-17-25-20(16-23(18)26-14-6-3-7-15-26)12-10-19-11-13-24(27-2)22-9-5-4-8-21(19)22;/h4-5,8-13,16-17H,3,6-7,14-15H2,1-2H3;1H. The molecule has 0 saturated carbocycles. The van der Waals surface area contributed by atoms with E-state index in [-0.39, 0.29) is 12.4 Å². The van der Waals surface area contributed by atoms with E-state index in [2.05, 4.69) is 59.3 Å². The summed E-state index contributed by atoms with van der Waals surface area (Å²) in [6.07, 6.45) is 10.2. The smallest absolute Gasteiger partial charge is 0.126 e. The van der Waals surface area contributed by atoms with Gasteiger partial charge in [0.1, 0.15) is 5.75 Å². The van der Waals surface area contributed by atoms with Gasteiger partial charge in [-0.05, 0) is 60.9 Å². The molecule has 1 aromatic heterocycles. The molecule has 0 radical (unpaired) electrons. The van der Waals surface area contributed by atoms with Crippen molar-refractivity contribution in [1.29, 1.82) is 0 Å². The molecule has 0 aliphatic carbocycles. The predicted octanol–water partition coefficient (Wildman–Crippen LogP) is 6.13. The van der Waals surface area contributed by atoms with Crippen molar-refractivity contribution in [3.8, 4) is 5.75 Å². The summed E-state index contributed by atoms with van der Waals surface area (Å²) in [7, 11) is 1.72. The summed E-state index contributed by atoms with van der Waals surface area (Å²) in [5, 5.41) is 2.32. The van der Waals surface area contributed by atoms with Crippen LogP contribution < -0.4 is 9.64 Å². The number of piperidine rings is 1. The van der Waals surface area contributed by atoms with Gasteiger partial charge in [-0.2, -0.15) is 0 Å². The Bertz CT molecular complexity index is 978. The van der Waals surface area contributed by atoms with Crippen molar-refractivity contribution in [2.75, 3.05) is 25.1 Å². The number of pyridine rings is 1. The minimum atomic E-state index is 0. The fraction of sp³-hybridized carbons (Fsp3) is 0.292. The van der Waals surface area contributed by atoms with Gasteiger partial charge < -0.3 is 9.64 Å². The van der Waals surface area contributed by atoms with Gasteiger partial charge in [0.2, 0.25) is 0 Å². The van der Waals surface area contributed by atoms with Crippen molar-refractivity contribution in [1.82, 2.24) is 4.98 Å². The first-order valence-electron chi connectivity index (χ1n) is 9.71. The lowest BCUT2D eigenvalue weighted by atomic mass is 10.0. The molecule has 2 heterocycles. The number of hydrogen-bond donors (Lipinski definition) is 0. The van der Waals surface area contributed by atoms with Crippen molar-refractivity contribution in [2.24, 2.45) is 0 Å². The highest BCUT2D eigenvalue weighted by Gasteiger charge is 2.13. The van der Waals surface area contributed by atoms with Crippen molar-refractivity contribution in [3.63, 3.8) is 0 Å². The highest BCUT2D eigenvalue weighted by Crippen LogP contribution is 2.30. The Morgan fingerprint density at radius 1 is 0.964 bits per heavy atom. The lowest BCUT2D eigenvalue weighted by Crippen LogP contribution is -2.30. The Balaban J connectivity index is 0.00000225. The molecule has 1 aliphatic heterocycles. The van der Waals surface area contributed by atoms with Crippen molar-refractivity contribution in [3.05, 3.63) is 65.5 Å². The van der Waals surface area contributed by atoms with Crippen LogP contribution in [0.1, 0.15) is 36.1 Å². The average Bonchev–Trinajstić information content (AvgIpc) is 2.73. The van der Waals surface area contributed by atoms with Gasteiger partial charge in [-0.15, -0.1) is 12.4 Å². The summed E-state index contributed by atoms with van der Waals surface area (Å²) < 4.78 is 5.50. The Morgan fingerprint density at radius 2 is 1.71 bits per heavy atom. The first-order valence-corrected chi connectivity index (χ1v) is 9.71. The van der Waals surface area contributed by atoms with Crippen LogP contribution in [0.3, 0.4) is 0 Å². The van der Waals surface area contributed by atoms with Crippen LogP contribution in [0, 0.1) is 6.92 Å². The Morgan fingerprint density at radius 3 is 2.46 bits per heavy atom. The Hall–Kier alpha value is -2.52. The van der Waals surface area contributed by atoms with Gasteiger partial charge >= 0.3 is 0 Å². The molecule has 28 heavy (non-hydrogen) atoms. The summed E-state index contributed by atoms with van der Waals surface area (Å²) in [6, 6.07) is 14.7.